The van der Waals surface area contributed by atoms with Gasteiger partial charge in [0.15, 0.2) is 0 Å². The first-order valence-electron chi connectivity index (χ1n) is 6.99. The molecule has 1 aliphatic carbocycles. The lowest BCUT2D eigenvalue weighted by molar-refractivity contribution is -0.151. The summed E-state index contributed by atoms with van der Waals surface area (Å²) in [6, 6.07) is 0. The van der Waals surface area contributed by atoms with Crippen LogP contribution in [0.1, 0.15) is 46.5 Å². The molecule has 0 aromatic heterocycles. The Morgan fingerprint density at radius 1 is 1.21 bits per heavy atom. The van der Waals surface area contributed by atoms with Gasteiger partial charge >= 0.3 is 5.97 Å². The molecule has 1 saturated carbocycles. The molecule has 0 bridgehead atoms. The Hall–Kier alpha value is -1.10. The highest BCUT2D eigenvalue weighted by Crippen LogP contribution is 2.31. The van der Waals surface area contributed by atoms with Gasteiger partial charge in [-0.25, -0.2) is 0 Å². The number of nitrogens with two attached hydrogens (primary N) is 1. The molecule has 5 nitrogen and oxygen atoms in total. The monoisotopic (exact) mass is 270 g/mol. The highest BCUT2D eigenvalue weighted by atomic mass is 16.4. The van der Waals surface area contributed by atoms with Crippen LogP contribution in [0.2, 0.25) is 0 Å². The average Bonchev–Trinajstić information content (AvgIpc) is 2.34. The lowest BCUT2D eigenvalue weighted by Crippen LogP contribution is -2.51. The summed E-state index contributed by atoms with van der Waals surface area (Å²) in [6.07, 6.45) is 3.59. The van der Waals surface area contributed by atoms with Gasteiger partial charge in [-0.1, -0.05) is 0 Å². The number of aliphatic carboxylic acids is 1. The fraction of sp³-hybridized carbons (Fsp3) is 0.857. The van der Waals surface area contributed by atoms with E-state index in [1.54, 1.807) is 0 Å². The number of rotatable bonds is 4. The van der Waals surface area contributed by atoms with Gasteiger partial charge in [0.1, 0.15) is 6.54 Å². The summed E-state index contributed by atoms with van der Waals surface area (Å²) in [5.41, 5.74) is 5.19. The van der Waals surface area contributed by atoms with E-state index in [9.17, 15) is 9.59 Å². The summed E-state index contributed by atoms with van der Waals surface area (Å²) in [7, 11) is 0. The Labute approximate surface area is 115 Å². The van der Waals surface area contributed by atoms with Gasteiger partial charge in [0.2, 0.25) is 5.91 Å². The lowest BCUT2D eigenvalue weighted by Gasteiger charge is -2.38. The number of hydrogen-bond acceptors (Lipinski definition) is 3. The van der Waals surface area contributed by atoms with Gasteiger partial charge in [-0.05, 0) is 58.9 Å². The molecule has 1 amide bonds. The molecule has 1 fully saturated rings. The number of carboxylic acid groups (broad SMARTS) is 1. The predicted molar refractivity (Wildman–Crippen MR) is 73.6 cm³/mol. The summed E-state index contributed by atoms with van der Waals surface area (Å²) < 4.78 is 0. The number of amides is 1. The van der Waals surface area contributed by atoms with Crippen molar-refractivity contribution >= 4 is 11.9 Å². The van der Waals surface area contributed by atoms with E-state index in [2.05, 4.69) is 0 Å². The van der Waals surface area contributed by atoms with Crippen LogP contribution in [0.15, 0.2) is 0 Å². The van der Waals surface area contributed by atoms with E-state index in [1.807, 2.05) is 20.8 Å². The standard InChI is InChI=1S/C14H26N2O3/c1-14(2,3)16(9-12(17)18)13(19)11-6-4-10(8-15)5-7-11/h10-11H,4-9,15H2,1-3H3,(H,17,18). The minimum absolute atomic E-state index is 0.0228. The van der Waals surface area contributed by atoms with E-state index in [0.717, 1.165) is 25.7 Å². The van der Waals surface area contributed by atoms with Crippen molar-refractivity contribution in [3.63, 3.8) is 0 Å². The third-order valence-electron chi connectivity index (χ3n) is 3.90. The van der Waals surface area contributed by atoms with Gasteiger partial charge in [-0.2, -0.15) is 0 Å². The molecule has 1 rings (SSSR count). The van der Waals surface area contributed by atoms with Gasteiger partial charge < -0.3 is 15.7 Å². The molecular weight excluding hydrogens is 244 g/mol. The van der Waals surface area contributed by atoms with E-state index in [4.69, 9.17) is 10.8 Å². The van der Waals surface area contributed by atoms with Gasteiger partial charge in [-0.15, -0.1) is 0 Å². The molecule has 0 unspecified atom stereocenters. The largest absolute Gasteiger partial charge is 0.480 e. The van der Waals surface area contributed by atoms with Gasteiger partial charge in [-0.3, -0.25) is 9.59 Å². The fourth-order valence-electron chi connectivity index (χ4n) is 2.65. The second-order valence-electron chi connectivity index (χ2n) is 6.44. The molecular formula is C14H26N2O3. The number of carboxylic acids is 1. The van der Waals surface area contributed by atoms with Crippen molar-refractivity contribution in [2.45, 2.75) is 52.0 Å². The Morgan fingerprint density at radius 2 is 1.74 bits per heavy atom. The third kappa shape index (κ3) is 4.49. The van der Waals surface area contributed by atoms with Crippen LogP contribution in [0.4, 0.5) is 0 Å². The number of carbonyl (C=O) groups is 2. The van der Waals surface area contributed by atoms with E-state index in [1.165, 1.54) is 4.90 Å². The smallest absolute Gasteiger partial charge is 0.323 e. The summed E-state index contributed by atoms with van der Waals surface area (Å²) in [5.74, 6) is -0.503. The molecule has 0 saturated heterocycles. The van der Waals surface area contributed by atoms with Crippen molar-refractivity contribution in [1.82, 2.24) is 4.90 Å². The maximum Gasteiger partial charge on any atom is 0.323 e. The molecule has 110 valence electrons. The minimum Gasteiger partial charge on any atom is -0.480 e. The quantitative estimate of drug-likeness (QED) is 0.810. The normalized spacial score (nSPS) is 24.0. The zero-order valence-corrected chi connectivity index (χ0v) is 12.2. The Bertz CT molecular complexity index is 328. The van der Waals surface area contributed by atoms with E-state index in [-0.39, 0.29) is 18.4 Å². The first-order valence-corrected chi connectivity index (χ1v) is 6.99. The summed E-state index contributed by atoms with van der Waals surface area (Å²) >= 11 is 0. The number of nitrogens with zero attached hydrogens (tertiary/aromatic N) is 1. The van der Waals surface area contributed by atoms with Crippen molar-refractivity contribution in [1.29, 1.82) is 0 Å². The molecule has 0 aliphatic heterocycles. The van der Waals surface area contributed by atoms with Crippen LogP contribution < -0.4 is 5.73 Å². The maximum atomic E-state index is 12.5. The molecule has 0 spiro atoms. The molecule has 3 N–H and O–H groups in total. The topological polar surface area (TPSA) is 83.6 Å². The Morgan fingerprint density at radius 3 is 2.11 bits per heavy atom. The van der Waals surface area contributed by atoms with Crippen LogP contribution in [0, 0.1) is 11.8 Å². The summed E-state index contributed by atoms with van der Waals surface area (Å²) in [5, 5.41) is 8.96. The Balaban J connectivity index is 2.70. The average molecular weight is 270 g/mol. The minimum atomic E-state index is -0.959. The van der Waals surface area contributed by atoms with E-state index in [0.29, 0.717) is 12.5 Å². The predicted octanol–water partition coefficient (Wildman–Crippen LogP) is 1.46. The number of carbonyl (C=O) groups excluding carboxylic acids is 1. The first-order chi connectivity index (χ1) is 8.75. The van der Waals surface area contributed by atoms with Crippen LogP contribution in [0.3, 0.4) is 0 Å². The van der Waals surface area contributed by atoms with Crippen LogP contribution in [0.25, 0.3) is 0 Å². The lowest BCUT2D eigenvalue weighted by atomic mass is 9.81. The molecule has 0 atom stereocenters. The maximum absolute atomic E-state index is 12.5. The van der Waals surface area contributed by atoms with Crippen molar-refractivity contribution in [2.75, 3.05) is 13.1 Å². The van der Waals surface area contributed by atoms with E-state index < -0.39 is 11.5 Å². The second kappa shape index (κ2) is 6.37. The van der Waals surface area contributed by atoms with E-state index >= 15 is 0 Å². The fourth-order valence-corrected chi connectivity index (χ4v) is 2.65. The zero-order chi connectivity index (χ0) is 14.6. The molecule has 0 aromatic carbocycles. The van der Waals surface area contributed by atoms with Crippen LogP contribution in [0.5, 0.6) is 0 Å². The van der Waals surface area contributed by atoms with Gasteiger partial charge in [0, 0.05) is 11.5 Å². The highest BCUT2D eigenvalue weighted by Gasteiger charge is 2.34. The third-order valence-corrected chi connectivity index (χ3v) is 3.90. The first kappa shape index (κ1) is 16.0. The van der Waals surface area contributed by atoms with Gasteiger partial charge in [0.05, 0.1) is 0 Å². The molecule has 19 heavy (non-hydrogen) atoms. The zero-order valence-electron chi connectivity index (χ0n) is 12.2. The van der Waals surface area contributed by atoms with Crippen molar-refractivity contribution in [2.24, 2.45) is 17.6 Å². The van der Waals surface area contributed by atoms with Crippen LogP contribution in [-0.4, -0.2) is 40.5 Å². The molecule has 1 aliphatic rings. The molecule has 0 radical (unpaired) electrons. The van der Waals surface area contributed by atoms with Crippen LogP contribution >= 0.6 is 0 Å². The second-order valence-corrected chi connectivity index (χ2v) is 6.44. The summed E-state index contributed by atoms with van der Waals surface area (Å²) in [4.78, 5) is 24.9. The number of hydrogen-bond donors (Lipinski definition) is 2. The van der Waals surface area contributed by atoms with Crippen molar-refractivity contribution in [3.05, 3.63) is 0 Å². The Kier molecular flexibility index (Phi) is 5.35. The molecule has 0 aromatic rings. The SMILES string of the molecule is CC(C)(C)N(CC(=O)O)C(=O)C1CCC(CN)CC1. The van der Waals surface area contributed by atoms with Gasteiger partial charge in [0.25, 0.3) is 0 Å². The van der Waals surface area contributed by atoms with Crippen molar-refractivity contribution in [3.8, 4) is 0 Å². The van der Waals surface area contributed by atoms with Crippen LogP contribution in [-0.2, 0) is 9.59 Å². The molecule has 0 heterocycles. The van der Waals surface area contributed by atoms with Crippen molar-refractivity contribution < 1.29 is 14.7 Å². The highest BCUT2D eigenvalue weighted by molar-refractivity contribution is 5.83. The summed E-state index contributed by atoms with van der Waals surface area (Å²) in [6.45, 7) is 6.08. The molecule has 5 heteroatoms.